The highest BCUT2D eigenvalue weighted by Gasteiger charge is 2.34. The number of benzene rings is 3. The summed E-state index contributed by atoms with van der Waals surface area (Å²) >= 11 is 5.93. The van der Waals surface area contributed by atoms with Crippen LogP contribution in [0.2, 0.25) is 5.02 Å². The monoisotopic (exact) mass is 487 g/mol. The van der Waals surface area contributed by atoms with Gasteiger partial charge in [0.1, 0.15) is 5.75 Å². The molecule has 1 aromatic heterocycles. The normalized spacial score (nSPS) is 12.8. The number of amides is 1. The van der Waals surface area contributed by atoms with Crippen LogP contribution in [0.25, 0.3) is 11.5 Å². The lowest BCUT2D eigenvalue weighted by Gasteiger charge is -2.20. The first kappa shape index (κ1) is 22.8. The van der Waals surface area contributed by atoms with E-state index in [4.69, 9.17) is 20.8 Å². The van der Waals surface area contributed by atoms with E-state index in [2.05, 4.69) is 10.2 Å². The van der Waals surface area contributed by atoms with E-state index in [0.29, 0.717) is 33.7 Å². The number of halogens is 1. The highest BCUT2D eigenvalue weighted by atomic mass is 35.5. The van der Waals surface area contributed by atoms with E-state index in [1.807, 2.05) is 18.2 Å². The SMILES string of the molecule is O=C(c1ccccc1)c1ccc(OCC(=O)N(Cc2nnc(-c3ccc(Cl)cc3)o2)C2CC2)cc1. The van der Waals surface area contributed by atoms with Crippen LogP contribution in [-0.4, -0.2) is 39.4 Å². The van der Waals surface area contributed by atoms with Gasteiger partial charge < -0.3 is 14.1 Å². The lowest BCUT2D eigenvalue weighted by molar-refractivity contribution is -0.134. The molecule has 1 amide bonds. The quantitative estimate of drug-likeness (QED) is 0.302. The summed E-state index contributed by atoms with van der Waals surface area (Å²) in [7, 11) is 0. The maximum atomic E-state index is 12.9. The molecule has 1 heterocycles. The zero-order valence-electron chi connectivity index (χ0n) is 18.8. The van der Waals surface area contributed by atoms with Crippen molar-refractivity contribution in [2.24, 2.45) is 0 Å². The average molecular weight is 488 g/mol. The van der Waals surface area contributed by atoms with Crippen LogP contribution in [0.5, 0.6) is 5.75 Å². The number of aromatic nitrogens is 2. The van der Waals surface area contributed by atoms with Crippen LogP contribution in [-0.2, 0) is 11.3 Å². The molecule has 0 saturated heterocycles. The van der Waals surface area contributed by atoms with Crippen LogP contribution in [0, 0.1) is 0 Å². The summed E-state index contributed by atoms with van der Waals surface area (Å²) in [6, 6.07) is 23.1. The number of hydrogen-bond acceptors (Lipinski definition) is 6. The number of nitrogens with zero attached hydrogens (tertiary/aromatic N) is 3. The first-order valence-electron chi connectivity index (χ1n) is 11.3. The minimum Gasteiger partial charge on any atom is -0.484 e. The zero-order valence-corrected chi connectivity index (χ0v) is 19.5. The van der Waals surface area contributed by atoms with Crippen LogP contribution in [0.3, 0.4) is 0 Å². The van der Waals surface area contributed by atoms with Gasteiger partial charge in [0, 0.05) is 27.8 Å². The minimum atomic E-state index is -0.164. The van der Waals surface area contributed by atoms with Gasteiger partial charge in [-0.3, -0.25) is 9.59 Å². The van der Waals surface area contributed by atoms with E-state index in [0.717, 1.165) is 18.4 Å². The number of ether oxygens (including phenoxy) is 1. The van der Waals surface area contributed by atoms with Crippen molar-refractivity contribution in [2.75, 3.05) is 6.61 Å². The van der Waals surface area contributed by atoms with Gasteiger partial charge in [0.15, 0.2) is 12.4 Å². The Morgan fingerprint density at radius 1 is 0.914 bits per heavy atom. The molecule has 4 aromatic rings. The Kier molecular flexibility index (Phi) is 6.59. The zero-order chi connectivity index (χ0) is 24.2. The van der Waals surface area contributed by atoms with Crippen LogP contribution in [0.1, 0.15) is 34.7 Å². The molecular formula is C27H22ClN3O4. The molecule has 0 unspecified atom stereocenters. The van der Waals surface area contributed by atoms with E-state index < -0.39 is 0 Å². The molecule has 3 aromatic carbocycles. The van der Waals surface area contributed by atoms with E-state index in [1.54, 1.807) is 65.6 Å². The lowest BCUT2D eigenvalue weighted by Crippen LogP contribution is -2.36. The molecule has 8 heteroatoms. The van der Waals surface area contributed by atoms with Crippen LogP contribution in [0.15, 0.2) is 83.3 Å². The summed E-state index contributed by atoms with van der Waals surface area (Å²) in [5.41, 5.74) is 1.94. The van der Waals surface area contributed by atoms with Gasteiger partial charge in [-0.1, -0.05) is 41.9 Å². The van der Waals surface area contributed by atoms with E-state index in [1.165, 1.54) is 0 Å². The molecule has 1 aliphatic rings. The second-order valence-electron chi connectivity index (χ2n) is 8.27. The van der Waals surface area contributed by atoms with Gasteiger partial charge in [-0.15, -0.1) is 10.2 Å². The van der Waals surface area contributed by atoms with Crippen molar-refractivity contribution in [2.45, 2.75) is 25.4 Å². The molecule has 0 spiro atoms. The third kappa shape index (κ3) is 5.58. The summed E-state index contributed by atoms with van der Waals surface area (Å²) in [6.45, 7) is 0.0959. The fourth-order valence-electron chi connectivity index (χ4n) is 3.67. The summed E-state index contributed by atoms with van der Waals surface area (Å²) in [5, 5.41) is 8.81. The molecule has 35 heavy (non-hydrogen) atoms. The van der Waals surface area contributed by atoms with Gasteiger partial charge in [-0.05, 0) is 61.4 Å². The molecule has 0 atom stereocenters. The predicted molar refractivity (Wildman–Crippen MR) is 130 cm³/mol. The molecule has 0 N–H and O–H groups in total. The average Bonchev–Trinajstić information content (AvgIpc) is 3.64. The highest BCUT2D eigenvalue weighted by molar-refractivity contribution is 6.30. The third-order valence-electron chi connectivity index (χ3n) is 5.69. The minimum absolute atomic E-state index is 0.0642. The smallest absolute Gasteiger partial charge is 0.261 e. The fraction of sp³-hybridized carbons (Fsp3) is 0.185. The molecule has 0 aliphatic heterocycles. The summed E-state index contributed by atoms with van der Waals surface area (Å²) in [6.07, 6.45) is 1.86. The standard InChI is InChI=1S/C27H22ClN3O4/c28-21-10-6-20(7-11-21)27-30-29-24(35-27)16-31(22-12-13-22)25(32)17-34-23-14-8-19(9-15-23)26(33)18-4-2-1-3-5-18/h1-11,14-15,22H,12-13,16-17H2. The number of ketones is 1. The van der Waals surface area contributed by atoms with Gasteiger partial charge in [0.2, 0.25) is 11.8 Å². The summed E-state index contributed by atoms with van der Waals surface area (Å²) in [4.78, 5) is 27.2. The molecule has 7 nitrogen and oxygen atoms in total. The van der Waals surface area contributed by atoms with Crippen molar-refractivity contribution < 1.29 is 18.7 Å². The second kappa shape index (κ2) is 10.1. The third-order valence-corrected chi connectivity index (χ3v) is 5.94. The lowest BCUT2D eigenvalue weighted by atomic mass is 10.0. The summed E-state index contributed by atoms with van der Waals surface area (Å²) in [5.74, 6) is 1.02. The van der Waals surface area contributed by atoms with Gasteiger partial charge in [-0.2, -0.15) is 0 Å². The van der Waals surface area contributed by atoms with Gasteiger partial charge in [0.05, 0.1) is 6.54 Å². The van der Waals surface area contributed by atoms with E-state index in [9.17, 15) is 9.59 Å². The van der Waals surface area contributed by atoms with Crippen molar-refractivity contribution in [3.05, 3.63) is 101 Å². The Labute approximate surface area is 207 Å². The van der Waals surface area contributed by atoms with E-state index >= 15 is 0 Å². The number of carbonyl (C=O) groups is 2. The Balaban J connectivity index is 1.19. The molecule has 1 fully saturated rings. The predicted octanol–water partition coefficient (Wildman–Crippen LogP) is 5.19. The molecule has 5 rings (SSSR count). The van der Waals surface area contributed by atoms with Crippen LogP contribution < -0.4 is 4.74 Å². The van der Waals surface area contributed by atoms with Crippen LogP contribution in [0.4, 0.5) is 0 Å². The summed E-state index contributed by atoms with van der Waals surface area (Å²) < 4.78 is 11.5. The first-order valence-corrected chi connectivity index (χ1v) is 11.6. The molecular weight excluding hydrogens is 466 g/mol. The largest absolute Gasteiger partial charge is 0.484 e. The van der Waals surface area contributed by atoms with Gasteiger partial charge in [0.25, 0.3) is 5.91 Å². The number of hydrogen-bond donors (Lipinski definition) is 0. The highest BCUT2D eigenvalue weighted by Crippen LogP contribution is 2.29. The van der Waals surface area contributed by atoms with Crippen molar-refractivity contribution in [3.63, 3.8) is 0 Å². The maximum absolute atomic E-state index is 12.9. The second-order valence-corrected chi connectivity index (χ2v) is 8.71. The Bertz CT molecular complexity index is 1320. The van der Waals surface area contributed by atoms with E-state index in [-0.39, 0.29) is 30.9 Å². The number of carbonyl (C=O) groups excluding carboxylic acids is 2. The molecule has 1 saturated carbocycles. The topological polar surface area (TPSA) is 85.5 Å². The maximum Gasteiger partial charge on any atom is 0.261 e. The molecule has 0 radical (unpaired) electrons. The Morgan fingerprint density at radius 2 is 1.60 bits per heavy atom. The molecule has 1 aliphatic carbocycles. The van der Waals surface area contributed by atoms with Crippen molar-refractivity contribution in [1.29, 1.82) is 0 Å². The van der Waals surface area contributed by atoms with Crippen molar-refractivity contribution >= 4 is 23.3 Å². The fourth-order valence-corrected chi connectivity index (χ4v) is 3.79. The Morgan fingerprint density at radius 3 is 2.29 bits per heavy atom. The molecule has 176 valence electrons. The van der Waals surface area contributed by atoms with Crippen molar-refractivity contribution in [1.82, 2.24) is 15.1 Å². The van der Waals surface area contributed by atoms with Crippen LogP contribution >= 0.6 is 11.6 Å². The Hall–Kier alpha value is -3.97. The first-order chi connectivity index (χ1) is 17.1. The number of rotatable bonds is 9. The van der Waals surface area contributed by atoms with Gasteiger partial charge >= 0.3 is 0 Å². The molecule has 0 bridgehead atoms. The van der Waals surface area contributed by atoms with Gasteiger partial charge in [-0.25, -0.2) is 0 Å². The van der Waals surface area contributed by atoms with Crippen molar-refractivity contribution in [3.8, 4) is 17.2 Å².